The Bertz CT molecular complexity index is 599. The largest absolute Gasteiger partial charge is 0.379 e. The number of carbonyl (C=O) groups is 2. The van der Waals surface area contributed by atoms with E-state index in [0.29, 0.717) is 19.5 Å². The standard InChI is InChI=1S/C18H25N3O3/c1-14-3-2-4-16(11-14)19-18(23)15-12-17(22)21(13-15)6-5-20-7-9-24-10-8-20/h2-4,11,15H,5-10,12-13H2,1H3,(H,19,23). The van der Waals surface area contributed by atoms with Crippen molar-refractivity contribution in [3.8, 4) is 0 Å². The van der Waals surface area contributed by atoms with Crippen LogP contribution in [0.1, 0.15) is 12.0 Å². The second kappa shape index (κ2) is 7.77. The number of rotatable bonds is 5. The molecule has 1 N–H and O–H groups in total. The summed E-state index contributed by atoms with van der Waals surface area (Å²) in [5.41, 5.74) is 1.89. The van der Waals surface area contributed by atoms with Crippen LogP contribution in [-0.4, -0.2) is 67.6 Å². The molecule has 0 bridgehead atoms. The number of nitrogens with one attached hydrogen (secondary N) is 1. The van der Waals surface area contributed by atoms with Gasteiger partial charge in [0.25, 0.3) is 0 Å². The van der Waals surface area contributed by atoms with Crippen LogP contribution in [0, 0.1) is 12.8 Å². The van der Waals surface area contributed by atoms with E-state index in [4.69, 9.17) is 4.74 Å². The molecule has 6 nitrogen and oxygen atoms in total. The predicted octanol–water partition coefficient (Wildman–Crippen LogP) is 1.11. The van der Waals surface area contributed by atoms with Gasteiger partial charge in [0.1, 0.15) is 0 Å². The topological polar surface area (TPSA) is 61.9 Å². The van der Waals surface area contributed by atoms with Crippen LogP contribution < -0.4 is 5.32 Å². The predicted molar refractivity (Wildman–Crippen MR) is 91.8 cm³/mol. The fourth-order valence-electron chi connectivity index (χ4n) is 3.22. The quantitative estimate of drug-likeness (QED) is 0.878. The highest BCUT2D eigenvalue weighted by Gasteiger charge is 2.34. The molecule has 1 atom stereocenters. The van der Waals surface area contributed by atoms with Crippen molar-refractivity contribution in [1.29, 1.82) is 0 Å². The van der Waals surface area contributed by atoms with Gasteiger partial charge >= 0.3 is 0 Å². The summed E-state index contributed by atoms with van der Waals surface area (Å²) in [6.45, 7) is 7.39. The summed E-state index contributed by atoms with van der Waals surface area (Å²) < 4.78 is 5.33. The summed E-state index contributed by atoms with van der Waals surface area (Å²) in [7, 11) is 0. The summed E-state index contributed by atoms with van der Waals surface area (Å²) in [5, 5.41) is 2.93. The van der Waals surface area contributed by atoms with Gasteiger partial charge in [0.2, 0.25) is 11.8 Å². The number of carbonyl (C=O) groups excluding carboxylic acids is 2. The van der Waals surface area contributed by atoms with Gasteiger partial charge < -0.3 is 15.0 Å². The van der Waals surface area contributed by atoms with E-state index in [9.17, 15) is 9.59 Å². The maximum absolute atomic E-state index is 12.4. The molecular weight excluding hydrogens is 306 g/mol. The lowest BCUT2D eigenvalue weighted by Crippen LogP contribution is -2.42. The molecule has 0 saturated carbocycles. The van der Waals surface area contributed by atoms with Crippen molar-refractivity contribution in [2.45, 2.75) is 13.3 Å². The highest BCUT2D eigenvalue weighted by Crippen LogP contribution is 2.20. The molecular formula is C18H25N3O3. The van der Waals surface area contributed by atoms with Crippen LogP contribution in [0.3, 0.4) is 0 Å². The maximum atomic E-state index is 12.4. The lowest BCUT2D eigenvalue weighted by molar-refractivity contribution is -0.128. The highest BCUT2D eigenvalue weighted by molar-refractivity contribution is 5.97. The first-order chi connectivity index (χ1) is 11.6. The monoisotopic (exact) mass is 331 g/mol. The molecule has 2 aliphatic rings. The molecule has 2 amide bonds. The molecule has 6 heteroatoms. The molecule has 2 fully saturated rings. The van der Waals surface area contributed by atoms with Crippen LogP contribution in [0.4, 0.5) is 5.69 Å². The molecule has 24 heavy (non-hydrogen) atoms. The SMILES string of the molecule is Cc1cccc(NC(=O)C2CC(=O)N(CCN3CCOCC3)C2)c1. The van der Waals surface area contributed by atoms with E-state index >= 15 is 0 Å². The number of anilines is 1. The third-order valence-corrected chi connectivity index (χ3v) is 4.66. The molecule has 0 aromatic heterocycles. The van der Waals surface area contributed by atoms with Crippen molar-refractivity contribution >= 4 is 17.5 Å². The fraction of sp³-hybridized carbons (Fsp3) is 0.556. The molecule has 3 rings (SSSR count). The average Bonchev–Trinajstić information content (AvgIpc) is 2.95. The number of ether oxygens (including phenoxy) is 1. The second-order valence-electron chi connectivity index (χ2n) is 6.55. The van der Waals surface area contributed by atoms with Crippen LogP contribution in [0.5, 0.6) is 0 Å². The van der Waals surface area contributed by atoms with Crippen LogP contribution >= 0.6 is 0 Å². The fourth-order valence-corrected chi connectivity index (χ4v) is 3.22. The van der Waals surface area contributed by atoms with Gasteiger partial charge in [-0.3, -0.25) is 14.5 Å². The van der Waals surface area contributed by atoms with E-state index in [0.717, 1.165) is 44.1 Å². The van der Waals surface area contributed by atoms with E-state index in [1.165, 1.54) is 0 Å². The minimum Gasteiger partial charge on any atom is -0.379 e. The molecule has 2 heterocycles. The molecule has 130 valence electrons. The zero-order valence-corrected chi connectivity index (χ0v) is 14.2. The molecule has 2 aliphatic heterocycles. The summed E-state index contributed by atoms with van der Waals surface area (Å²) in [4.78, 5) is 28.7. The average molecular weight is 331 g/mol. The number of amides is 2. The number of hydrogen-bond donors (Lipinski definition) is 1. The zero-order chi connectivity index (χ0) is 16.9. The Balaban J connectivity index is 1.49. The van der Waals surface area contributed by atoms with Gasteiger partial charge in [0, 0.05) is 44.8 Å². The van der Waals surface area contributed by atoms with Crippen LogP contribution in [-0.2, 0) is 14.3 Å². The number of aryl methyl sites for hydroxylation is 1. The maximum Gasteiger partial charge on any atom is 0.229 e. The lowest BCUT2D eigenvalue weighted by atomic mass is 10.1. The molecule has 0 aliphatic carbocycles. The van der Waals surface area contributed by atoms with Gasteiger partial charge in [-0.2, -0.15) is 0 Å². The third kappa shape index (κ3) is 4.33. The number of nitrogens with zero attached hydrogens (tertiary/aromatic N) is 2. The summed E-state index contributed by atoms with van der Waals surface area (Å²) in [6.07, 6.45) is 0.306. The van der Waals surface area contributed by atoms with Gasteiger partial charge in [0.05, 0.1) is 19.1 Å². The first kappa shape index (κ1) is 16.9. The smallest absolute Gasteiger partial charge is 0.229 e. The number of hydrogen-bond acceptors (Lipinski definition) is 4. The van der Waals surface area contributed by atoms with Crippen molar-refractivity contribution in [2.24, 2.45) is 5.92 Å². The van der Waals surface area contributed by atoms with Crippen LogP contribution in [0.25, 0.3) is 0 Å². The second-order valence-corrected chi connectivity index (χ2v) is 6.55. The van der Waals surface area contributed by atoms with Crippen molar-refractivity contribution in [1.82, 2.24) is 9.80 Å². The van der Waals surface area contributed by atoms with Gasteiger partial charge in [0.15, 0.2) is 0 Å². The first-order valence-electron chi connectivity index (χ1n) is 8.57. The Labute approximate surface area is 142 Å². The zero-order valence-electron chi connectivity index (χ0n) is 14.2. The molecule has 1 unspecified atom stereocenters. The third-order valence-electron chi connectivity index (χ3n) is 4.66. The molecule has 2 saturated heterocycles. The summed E-state index contributed by atoms with van der Waals surface area (Å²) in [6, 6.07) is 7.71. The Kier molecular flexibility index (Phi) is 5.48. The summed E-state index contributed by atoms with van der Waals surface area (Å²) >= 11 is 0. The minimum atomic E-state index is -0.261. The van der Waals surface area contributed by atoms with E-state index in [1.807, 2.05) is 36.1 Å². The van der Waals surface area contributed by atoms with Crippen molar-refractivity contribution in [3.63, 3.8) is 0 Å². The van der Waals surface area contributed by atoms with Gasteiger partial charge in [-0.25, -0.2) is 0 Å². The van der Waals surface area contributed by atoms with E-state index in [1.54, 1.807) is 0 Å². The number of morpholine rings is 1. The molecule has 1 aromatic rings. The molecule has 0 radical (unpaired) electrons. The van der Waals surface area contributed by atoms with Crippen molar-refractivity contribution in [2.75, 3.05) is 51.3 Å². The number of benzene rings is 1. The van der Waals surface area contributed by atoms with Crippen LogP contribution in [0.15, 0.2) is 24.3 Å². The lowest BCUT2D eigenvalue weighted by Gasteiger charge is -2.28. The van der Waals surface area contributed by atoms with Gasteiger partial charge in [-0.1, -0.05) is 12.1 Å². The van der Waals surface area contributed by atoms with Crippen LogP contribution in [0.2, 0.25) is 0 Å². The first-order valence-corrected chi connectivity index (χ1v) is 8.57. The van der Waals surface area contributed by atoms with Crippen molar-refractivity contribution in [3.05, 3.63) is 29.8 Å². The van der Waals surface area contributed by atoms with Crippen molar-refractivity contribution < 1.29 is 14.3 Å². The highest BCUT2D eigenvalue weighted by atomic mass is 16.5. The Morgan fingerprint density at radius 1 is 1.29 bits per heavy atom. The molecule has 0 spiro atoms. The Hall–Kier alpha value is -1.92. The van der Waals surface area contributed by atoms with Gasteiger partial charge in [-0.15, -0.1) is 0 Å². The van der Waals surface area contributed by atoms with E-state index in [-0.39, 0.29) is 17.7 Å². The molecule has 1 aromatic carbocycles. The van der Waals surface area contributed by atoms with E-state index in [2.05, 4.69) is 10.2 Å². The number of likely N-dealkylation sites (tertiary alicyclic amines) is 1. The van der Waals surface area contributed by atoms with Gasteiger partial charge in [-0.05, 0) is 24.6 Å². The Morgan fingerprint density at radius 3 is 2.83 bits per heavy atom. The normalized spacial score (nSPS) is 22.0. The Morgan fingerprint density at radius 2 is 2.08 bits per heavy atom. The minimum absolute atomic E-state index is 0.0668. The summed E-state index contributed by atoms with van der Waals surface area (Å²) in [5.74, 6) is -0.252. The van der Waals surface area contributed by atoms with E-state index < -0.39 is 0 Å².